The second kappa shape index (κ2) is 8.44. The summed E-state index contributed by atoms with van der Waals surface area (Å²) < 4.78 is 24.6. The number of ether oxygens (including phenoxy) is 1. The van der Waals surface area contributed by atoms with E-state index < -0.39 is 5.82 Å². The number of carbonyl (C=O) groups is 1. The average Bonchev–Trinajstić information content (AvgIpc) is 3.08. The zero-order chi connectivity index (χ0) is 20.3. The summed E-state index contributed by atoms with van der Waals surface area (Å²) in [6.45, 7) is 4.24. The highest BCUT2D eigenvalue weighted by atomic mass is 35.5. The molecule has 7 heteroatoms. The molecule has 28 heavy (non-hydrogen) atoms. The Bertz CT molecular complexity index is 986. The van der Waals surface area contributed by atoms with Crippen LogP contribution in [0.25, 0.3) is 11.5 Å². The predicted molar refractivity (Wildman–Crippen MR) is 105 cm³/mol. The van der Waals surface area contributed by atoms with Gasteiger partial charge in [0.1, 0.15) is 5.76 Å². The van der Waals surface area contributed by atoms with Crippen molar-refractivity contribution >= 4 is 17.5 Å². The fourth-order valence-electron chi connectivity index (χ4n) is 2.82. The topological polar surface area (TPSA) is 55.6 Å². The lowest BCUT2D eigenvalue weighted by molar-refractivity contribution is 0.0745. The van der Waals surface area contributed by atoms with Crippen LogP contribution in [0.15, 0.2) is 46.9 Å². The third kappa shape index (κ3) is 4.17. The number of methoxy groups -OCH3 is 1. The minimum absolute atomic E-state index is 0.165. The Balaban J connectivity index is 1.83. The van der Waals surface area contributed by atoms with E-state index >= 15 is 0 Å². The number of halogens is 2. The molecule has 0 bridgehead atoms. The molecule has 146 valence electrons. The van der Waals surface area contributed by atoms with Crippen LogP contribution in [0.1, 0.15) is 28.7 Å². The second-order valence-corrected chi connectivity index (χ2v) is 6.66. The lowest BCUT2D eigenvalue weighted by atomic mass is 10.2. The highest BCUT2D eigenvalue weighted by Crippen LogP contribution is 2.25. The van der Waals surface area contributed by atoms with E-state index in [4.69, 9.17) is 20.8 Å². The molecule has 1 heterocycles. The van der Waals surface area contributed by atoms with Crippen molar-refractivity contribution in [1.82, 2.24) is 9.88 Å². The number of hydrogen-bond acceptors (Lipinski definition) is 4. The van der Waals surface area contributed by atoms with Crippen LogP contribution in [0.5, 0.6) is 5.75 Å². The lowest BCUT2D eigenvalue weighted by Crippen LogP contribution is -2.31. The molecule has 5 nitrogen and oxygen atoms in total. The Hall–Kier alpha value is -2.86. The molecular weight excluding hydrogens is 383 g/mol. The molecule has 1 aromatic heterocycles. The quantitative estimate of drug-likeness (QED) is 0.574. The molecule has 1 amide bonds. The van der Waals surface area contributed by atoms with Crippen LogP contribution >= 0.6 is 11.6 Å². The summed E-state index contributed by atoms with van der Waals surface area (Å²) in [7, 11) is 1.41. The van der Waals surface area contributed by atoms with Gasteiger partial charge in [0.15, 0.2) is 17.3 Å². The number of oxazole rings is 1. The number of carbonyl (C=O) groups excluding carboxylic acids is 1. The number of rotatable bonds is 6. The predicted octanol–water partition coefficient (Wildman–Crippen LogP) is 5.11. The maximum Gasteiger partial charge on any atom is 0.276 e. The molecule has 0 fully saturated rings. The summed E-state index contributed by atoms with van der Waals surface area (Å²) in [5, 5.41) is 0.604. The Morgan fingerprint density at radius 3 is 2.57 bits per heavy atom. The third-order valence-electron chi connectivity index (χ3n) is 4.35. The Labute approximate surface area is 167 Å². The first-order chi connectivity index (χ1) is 13.4. The van der Waals surface area contributed by atoms with Gasteiger partial charge >= 0.3 is 0 Å². The van der Waals surface area contributed by atoms with Crippen molar-refractivity contribution in [3.05, 3.63) is 70.3 Å². The van der Waals surface area contributed by atoms with Gasteiger partial charge in [-0.25, -0.2) is 9.37 Å². The molecule has 0 radical (unpaired) electrons. The number of nitrogens with zero attached hydrogens (tertiary/aromatic N) is 2. The minimum atomic E-state index is -0.467. The zero-order valence-corrected chi connectivity index (χ0v) is 16.6. The molecule has 0 unspecified atom stereocenters. The molecule has 0 N–H and O–H groups in total. The molecular formula is C21H20ClFN2O3. The van der Waals surface area contributed by atoms with Crippen LogP contribution in [0.3, 0.4) is 0 Å². The van der Waals surface area contributed by atoms with Crippen molar-refractivity contribution in [1.29, 1.82) is 0 Å². The molecule has 0 aliphatic carbocycles. The molecule has 0 aliphatic rings. The first-order valence-corrected chi connectivity index (χ1v) is 9.15. The first kappa shape index (κ1) is 19.9. The van der Waals surface area contributed by atoms with Crippen LogP contribution < -0.4 is 4.74 Å². The van der Waals surface area contributed by atoms with Crippen molar-refractivity contribution in [2.24, 2.45) is 0 Å². The Morgan fingerprint density at radius 1 is 1.25 bits per heavy atom. The molecule has 0 spiro atoms. The average molecular weight is 403 g/mol. The standard InChI is InChI=1S/C21H20ClFN2O3/c1-4-25(12-14-5-10-18(27-3)17(23)11-14)21(26)19-13(2)28-20(24-19)15-6-8-16(22)9-7-15/h5-11H,4,12H2,1-3H3. The van der Waals surface area contributed by atoms with Gasteiger partial charge in [-0.1, -0.05) is 17.7 Å². The number of amides is 1. The Morgan fingerprint density at radius 2 is 1.96 bits per heavy atom. The normalized spacial score (nSPS) is 10.8. The fourth-order valence-corrected chi connectivity index (χ4v) is 2.94. The van der Waals surface area contributed by atoms with Gasteiger partial charge in [-0.3, -0.25) is 4.79 Å². The summed E-state index contributed by atoms with van der Waals surface area (Å²) in [5.74, 6) is 0.197. The maximum absolute atomic E-state index is 13.9. The van der Waals surface area contributed by atoms with Crippen LogP contribution in [0.4, 0.5) is 4.39 Å². The van der Waals surface area contributed by atoms with Gasteiger partial charge in [-0.05, 0) is 55.8 Å². The number of hydrogen-bond donors (Lipinski definition) is 0. The first-order valence-electron chi connectivity index (χ1n) is 8.78. The highest BCUT2D eigenvalue weighted by molar-refractivity contribution is 6.30. The van der Waals surface area contributed by atoms with Gasteiger partial charge in [-0.2, -0.15) is 0 Å². The molecule has 0 atom stereocenters. The van der Waals surface area contributed by atoms with Gasteiger partial charge in [-0.15, -0.1) is 0 Å². The summed E-state index contributed by atoms with van der Waals surface area (Å²) in [6.07, 6.45) is 0. The van der Waals surface area contributed by atoms with Crippen molar-refractivity contribution < 1.29 is 18.3 Å². The minimum Gasteiger partial charge on any atom is -0.494 e. The monoisotopic (exact) mass is 402 g/mol. The summed E-state index contributed by atoms with van der Waals surface area (Å²) in [6, 6.07) is 11.7. The summed E-state index contributed by atoms with van der Waals surface area (Å²) in [4.78, 5) is 18.9. The van der Waals surface area contributed by atoms with E-state index in [9.17, 15) is 9.18 Å². The third-order valence-corrected chi connectivity index (χ3v) is 4.60. The molecule has 3 rings (SSSR count). The zero-order valence-electron chi connectivity index (χ0n) is 15.8. The summed E-state index contributed by atoms with van der Waals surface area (Å²) in [5.41, 5.74) is 1.63. The SMILES string of the molecule is CCN(Cc1ccc(OC)c(F)c1)C(=O)c1nc(-c2ccc(Cl)cc2)oc1C. The van der Waals surface area contributed by atoms with E-state index in [1.807, 2.05) is 6.92 Å². The second-order valence-electron chi connectivity index (χ2n) is 6.22. The number of aromatic nitrogens is 1. The molecule has 2 aromatic carbocycles. The number of aryl methyl sites for hydroxylation is 1. The maximum atomic E-state index is 13.9. The van der Waals surface area contributed by atoms with Gasteiger partial charge < -0.3 is 14.1 Å². The van der Waals surface area contributed by atoms with E-state index in [1.54, 1.807) is 48.2 Å². The van der Waals surface area contributed by atoms with Crippen LogP contribution in [-0.4, -0.2) is 29.4 Å². The smallest absolute Gasteiger partial charge is 0.276 e. The van der Waals surface area contributed by atoms with Gasteiger partial charge in [0.2, 0.25) is 5.89 Å². The fraction of sp³-hybridized carbons (Fsp3) is 0.238. The van der Waals surface area contributed by atoms with Gasteiger partial charge in [0.05, 0.1) is 7.11 Å². The molecule has 0 saturated carbocycles. The van der Waals surface area contributed by atoms with Crippen molar-refractivity contribution in [3.8, 4) is 17.2 Å². The van der Waals surface area contributed by atoms with E-state index in [-0.39, 0.29) is 23.9 Å². The molecule has 0 aliphatic heterocycles. The van der Waals surface area contributed by atoms with E-state index in [2.05, 4.69) is 4.98 Å². The Kier molecular flexibility index (Phi) is 5.99. The van der Waals surface area contributed by atoms with E-state index in [0.717, 1.165) is 5.56 Å². The van der Waals surface area contributed by atoms with Crippen molar-refractivity contribution in [2.75, 3.05) is 13.7 Å². The molecule has 0 saturated heterocycles. The highest BCUT2D eigenvalue weighted by Gasteiger charge is 2.23. The molecule has 3 aromatic rings. The van der Waals surface area contributed by atoms with Crippen LogP contribution in [-0.2, 0) is 6.54 Å². The van der Waals surface area contributed by atoms with E-state index in [1.165, 1.54) is 13.2 Å². The van der Waals surface area contributed by atoms with Gasteiger partial charge in [0, 0.05) is 23.7 Å². The largest absolute Gasteiger partial charge is 0.494 e. The van der Waals surface area contributed by atoms with E-state index in [0.29, 0.717) is 28.8 Å². The van der Waals surface area contributed by atoms with Gasteiger partial charge in [0.25, 0.3) is 5.91 Å². The lowest BCUT2D eigenvalue weighted by Gasteiger charge is -2.20. The van der Waals surface area contributed by atoms with Crippen molar-refractivity contribution in [2.45, 2.75) is 20.4 Å². The number of benzene rings is 2. The van der Waals surface area contributed by atoms with Crippen molar-refractivity contribution in [3.63, 3.8) is 0 Å². The van der Waals surface area contributed by atoms with Crippen LogP contribution in [0, 0.1) is 12.7 Å². The van der Waals surface area contributed by atoms with Crippen LogP contribution in [0.2, 0.25) is 5.02 Å². The summed E-state index contributed by atoms with van der Waals surface area (Å²) >= 11 is 5.91.